The van der Waals surface area contributed by atoms with Crippen LogP contribution in [0.4, 0.5) is 0 Å². The Bertz CT molecular complexity index is 951. The van der Waals surface area contributed by atoms with Crippen LogP contribution in [0.5, 0.6) is 0 Å². The van der Waals surface area contributed by atoms with Crippen LogP contribution in [0, 0.1) is 0 Å². The van der Waals surface area contributed by atoms with Gasteiger partial charge in [0.05, 0.1) is 17.9 Å². The van der Waals surface area contributed by atoms with Crippen LogP contribution in [-0.2, 0) is 4.74 Å². The molecule has 0 aliphatic heterocycles. The van der Waals surface area contributed by atoms with E-state index in [4.69, 9.17) is 4.42 Å². The van der Waals surface area contributed by atoms with E-state index in [1.165, 1.54) is 6.07 Å². The van der Waals surface area contributed by atoms with Crippen molar-refractivity contribution in [3.63, 3.8) is 0 Å². The lowest BCUT2D eigenvalue weighted by Gasteiger charge is -2.02. The second-order valence-electron chi connectivity index (χ2n) is 4.17. The van der Waals surface area contributed by atoms with Gasteiger partial charge in [-0.25, -0.2) is 4.79 Å². The fraction of sp³-hybridized carbons (Fsp3) is 0.0714. The van der Waals surface area contributed by atoms with Gasteiger partial charge in [-0.15, -0.1) is 0 Å². The monoisotopic (exact) mass is 271 g/mol. The van der Waals surface area contributed by atoms with Crippen molar-refractivity contribution in [2.45, 2.75) is 0 Å². The molecule has 3 aromatic rings. The van der Waals surface area contributed by atoms with Gasteiger partial charge in [0.15, 0.2) is 0 Å². The van der Waals surface area contributed by atoms with Gasteiger partial charge in [-0.3, -0.25) is 14.6 Å². The third-order valence-electron chi connectivity index (χ3n) is 3.00. The Kier molecular flexibility index (Phi) is 2.64. The van der Waals surface area contributed by atoms with E-state index in [0.717, 1.165) is 7.11 Å². The highest BCUT2D eigenvalue weighted by molar-refractivity contribution is 5.95. The molecule has 20 heavy (non-hydrogen) atoms. The maximum Gasteiger partial charge on any atom is 0.343 e. The first-order valence-corrected chi connectivity index (χ1v) is 5.79. The molecule has 3 rings (SSSR count). The highest BCUT2D eigenvalue weighted by Gasteiger charge is 2.15. The van der Waals surface area contributed by atoms with Crippen molar-refractivity contribution in [1.82, 2.24) is 4.98 Å². The topological polar surface area (TPSA) is 89.4 Å². The summed E-state index contributed by atoms with van der Waals surface area (Å²) >= 11 is 0. The first kappa shape index (κ1) is 12.2. The van der Waals surface area contributed by atoms with Crippen molar-refractivity contribution >= 4 is 28.0 Å². The summed E-state index contributed by atoms with van der Waals surface area (Å²) in [7, 11) is 1.16. The Labute approximate surface area is 111 Å². The maximum absolute atomic E-state index is 12.3. The standard InChI is InChI=1S/C14H9NO5/c1-19-14(18)9-6-8-11(16)7-4-2-3-5-10(7)20-13(8)15-12(9)17/h2-6H,1H3,(H,15,17). The summed E-state index contributed by atoms with van der Waals surface area (Å²) in [5.74, 6) is -0.805. The van der Waals surface area contributed by atoms with Crippen LogP contribution >= 0.6 is 0 Å². The zero-order valence-electron chi connectivity index (χ0n) is 10.4. The summed E-state index contributed by atoms with van der Waals surface area (Å²) in [5, 5.41) is 0.506. The number of aromatic amines is 1. The number of fused-ring (bicyclic) bond motifs is 2. The molecule has 0 amide bonds. The smallest absolute Gasteiger partial charge is 0.343 e. The number of hydrogen-bond donors (Lipinski definition) is 1. The number of pyridine rings is 1. The van der Waals surface area contributed by atoms with Gasteiger partial charge >= 0.3 is 5.97 Å². The van der Waals surface area contributed by atoms with Gasteiger partial charge < -0.3 is 9.15 Å². The predicted molar refractivity (Wildman–Crippen MR) is 72.0 cm³/mol. The number of rotatable bonds is 1. The average molecular weight is 271 g/mol. The summed E-state index contributed by atoms with van der Waals surface area (Å²) in [5.41, 5.74) is -0.813. The second kappa shape index (κ2) is 4.34. The number of carbonyl (C=O) groups is 1. The van der Waals surface area contributed by atoms with Gasteiger partial charge in [-0.05, 0) is 18.2 Å². The molecule has 0 fully saturated rings. The van der Waals surface area contributed by atoms with Gasteiger partial charge in [-0.2, -0.15) is 0 Å². The van der Waals surface area contributed by atoms with E-state index in [-0.39, 0.29) is 22.1 Å². The summed E-state index contributed by atoms with van der Waals surface area (Å²) < 4.78 is 9.97. The number of carbonyl (C=O) groups excluding carboxylic acids is 1. The summed E-state index contributed by atoms with van der Waals surface area (Å²) in [6, 6.07) is 7.86. The molecule has 1 N–H and O–H groups in total. The second-order valence-corrected chi connectivity index (χ2v) is 4.17. The highest BCUT2D eigenvalue weighted by atomic mass is 16.5. The molecule has 0 unspecified atom stereocenters. The van der Waals surface area contributed by atoms with Crippen LogP contribution < -0.4 is 11.0 Å². The van der Waals surface area contributed by atoms with Crippen LogP contribution in [0.3, 0.4) is 0 Å². The predicted octanol–water partition coefficient (Wildman–Crippen LogP) is 1.42. The summed E-state index contributed by atoms with van der Waals surface area (Å²) in [4.78, 5) is 38.0. The Morgan fingerprint density at radius 1 is 1.20 bits per heavy atom. The van der Waals surface area contributed by atoms with E-state index in [1.807, 2.05) is 0 Å². The molecule has 0 spiro atoms. The fourth-order valence-corrected chi connectivity index (χ4v) is 2.02. The number of para-hydroxylation sites is 1. The molecular weight excluding hydrogens is 262 g/mol. The average Bonchev–Trinajstić information content (AvgIpc) is 2.46. The van der Waals surface area contributed by atoms with Crippen LogP contribution in [0.15, 0.2) is 44.3 Å². The maximum atomic E-state index is 12.3. The largest absolute Gasteiger partial charge is 0.465 e. The van der Waals surface area contributed by atoms with Gasteiger partial charge in [0.1, 0.15) is 11.1 Å². The SMILES string of the molecule is COC(=O)c1cc2c(=O)c3ccccc3oc2[nH]c1=O. The van der Waals surface area contributed by atoms with Gasteiger partial charge in [0, 0.05) is 0 Å². The van der Waals surface area contributed by atoms with Crippen LogP contribution in [0.1, 0.15) is 10.4 Å². The molecule has 100 valence electrons. The third-order valence-corrected chi connectivity index (χ3v) is 3.00. The van der Waals surface area contributed by atoms with Crippen molar-refractivity contribution in [3.8, 4) is 0 Å². The third kappa shape index (κ3) is 1.70. The minimum atomic E-state index is -0.805. The molecule has 2 heterocycles. The number of methoxy groups -OCH3 is 1. The lowest BCUT2D eigenvalue weighted by molar-refractivity contribution is 0.0599. The van der Waals surface area contributed by atoms with Crippen molar-refractivity contribution in [1.29, 1.82) is 0 Å². The molecule has 0 bridgehead atoms. The molecule has 0 radical (unpaired) electrons. The Hall–Kier alpha value is -2.89. The van der Waals surface area contributed by atoms with E-state index in [9.17, 15) is 14.4 Å². The molecule has 1 aromatic carbocycles. The Morgan fingerprint density at radius 3 is 2.70 bits per heavy atom. The van der Waals surface area contributed by atoms with Crippen molar-refractivity contribution in [2.24, 2.45) is 0 Å². The zero-order chi connectivity index (χ0) is 14.3. The fourth-order valence-electron chi connectivity index (χ4n) is 2.02. The molecule has 0 aliphatic rings. The molecule has 6 nitrogen and oxygen atoms in total. The van der Waals surface area contributed by atoms with E-state index in [1.54, 1.807) is 24.3 Å². The van der Waals surface area contributed by atoms with E-state index >= 15 is 0 Å². The molecule has 0 saturated heterocycles. The minimum Gasteiger partial charge on any atom is -0.465 e. The van der Waals surface area contributed by atoms with Crippen molar-refractivity contribution < 1.29 is 13.9 Å². The number of ether oxygens (including phenoxy) is 1. The van der Waals surface area contributed by atoms with Gasteiger partial charge in [0.2, 0.25) is 11.1 Å². The van der Waals surface area contributed by atoms with Gasteiger partial charge in [0.25, 0.3) is 5.56 Å². The first-order chi connectivity index (χ1) is 9.61. The van der Waals surface area contributed by atoms with Crippen LogP contribution in [-0.4, -0.2) is 18.1 Å². The van der Waals surface area contributed by atoms with E-state index < -0.39 is 11.5 Å². The lowest BCUT2D eigenvalue weighted by atomic mass is 10.1. The number of benzene rings is 1. The van der Waals surface area contributed by atoms with Crippen molar-refractivity contribution in [2.75, 3.05) is 7.11 Å². The number of H-pyrrole nitrogens is 1. The lowest BCUT2D eigenvalue weighted by Crippen LogP contribution is -2.20. The molecule has 0 aliphatic carbocycles. The number of aromatic nitrogens is 1. The van der Waals surface area contributed by atoms with Crippen LogP contribution in [0.25, 0.3) is 22.1 Å². The molecule has 6 heteroatoms. The van der Waals surface area contributed by atoms with E-state index in [0.29, 0.717) is 11.0 Å². The Morgan fingerprint density at radius 2 is 1.95 bits per heavy atom. The van der Waals surface area contributed by atoms with Crippen molar-refractivity contribution in [3.05, 3.63) is 56.5 Å². The summed E-state index contributed by atoms with van der Waals surface area (Å²) in [6.45, 7) is 0. The Balaban J connectivity index is 2.48. The van der Waals surface area contributed by atoms with Gasteiger partial charge in [-0.1, -0.05) is 12.1 Å². The number of nitrogens with one attached hydrogen (secondary N) is 1. The molecule has 0 saturated carbocycles. The minimum absolute atomic E-state index is 0.0337. The normalized spacial score (nSPS) is 10.8. The van der Waals surface area contributed by atoms with E-state index in [2.05, 4.69) is 9.72 Å². The molecular formula is C14H9NO5. The quantitative estimate of drug-likeness (QED) is 0.534. The molecule has 0 atom stereocenters. The molecule has 2 aromatic heterocycles. The first-order valence-electron chi connectivity index (χ1n) is 5.79. The summed E-state index contributed by atoms with van der Waals surface area (Å²) in [6.07, 6.45) is 0. The van der Waals surface area contributed by atoms with Crippen LogP contribution in [0.2, 0.25) is 0 Å². The highest BCUT2D eigenvalue weighted by Crippen LogP contribution is 2.16. The zero-order valence-corrected chi connectivity index (χ0v) is 10.4. The number of hydrogen-bond acceptors (Lipinski definition) is 5. The number of esters is 1.